The maximum Gasteiger partial charge on any atom is 0.406 e. The number of fused-ring (bicyclic) bond motifs is 2. The van der Waals surface area contributed by atoms with Crippen LogP contribution in [0.2, 0.25) is 5.15 Å². The van der Waals surface area contributed by atoms with E-state index in [9.17, 15) is 53.5 Å². The smallest absolute Gasteiger partial charge is 0.396 e. The fourth-order valence-electron chi connectivity index (χ4n) is 5.28. The minimum absolute atomic E-state index is 0.0340. The second-order valence-corrected chi connectivity index (χ2v) is 11.6. The predicted molar refractivity (Wildman–Crippen MR) is 173 cm³/mol. The van der Waals surface area contributed by atoms with Gasteiger partial charge in [0.05, 0.1) is 44.7 Å². The number of aromatic nitrogens is 4. The number of nitrogen functional groups attached to an aromatic ring is 2. The second kappa shape index (κ2) is 13.8. The van der Waals surface area contributed by atoms with E-state index in [-0.39, 0.29) is 27.0 Å². The van der Waals surface area contributed by atoms with E-state index in [0.717, 1.165) is 48.7 Å². The minimum atomic E-state index is -4.75. The Labute approximate surface area is 289 Å². The molecule has 4 heterocycles. The molecule has 0 bridgehead atoms. The number of nitrogens with zero attached hydrogens (tertiary/aromatic N) is 4. The van der Waals surface area contributed by atoms with Gasteiger partial charge in [0.25, 0.3) is 11.1 Å². The Hall–Kier alpha value is -5.65. The van der Waals surface area contributed by atoms with Crippen molar-refractivity contribution in [1.82, 2.24) is 19.1 Å². The van der Waals surface area contributed by atoms with Gasteiger partial charge in [0, 0.05) is 28.9 Å². The van der Waals surface area contributed by atoms with Gasteiger partial charge in [0.1, 0.15) is 29.9 Å². The molecule has 0 aliphatic rings. The van der Waals surface area contributed by atoms with Gasteiger partial charge >= 0.3 is 12.4 Å². The number of benzene rings is 2. The van der Waals surface area contributed by atoms with E-state index >= 15 is 0 Å². The van der Waals surface area contributed by atoms with Crippen LogP contribution in [0.25, 0.3) is 44.1 Å². The molecule has 0 amide bonds. The van der Waals surface area contributed by atoms with Crippen LogP contribution in [0.1, 0.15) is 5.69 Å². The summed E-state index contributed by atoms with van der Waals surface area (Å²) in [6.45, 7) is -1.72. The summed E-state index contributed by atoms with van der Waals surface area (Å²) < 4.78 is 135. The van der Waals surface area contributed by atoms with Crippen molar-refractivity contribution in [3.63, 3.8) is 0 Å². The highest BCUT2D eigenvalue weighted by molar-refractivity contribution is 6.30. The molecule has 0 saturated carbocycles. The number of rotatable bonds is 4. The topological polar surface area (TPSA) is 122 Å². The molecule has 0 aliphatic carbocycles. The van der Waals surface area contributed by atoms with Gasteiger partial charge in [-0.3, -0.25) is 23.7 Å². The average molecular weight is 759 g/mol. The summed E-state index contributed by atoms with van der Waals surface area (Å²) in [5, 5.41) is 0.0482. The van der Waals surface area contributed by atoms with Crippen LogP contribution in [0.4, 0.5) is 55.3 Å². The molecule has 0 unspecified atom stereocenters. The summed E-state index contributed by atoms with van der Waals surface area (Å²) in [6, 6.07) is 8.12. The van der Waals surface area contributed by atoms with Gasteiger partial charge in [0.15, 0.2) is 11.6 Å². The third kappa shape index (κ3) is 7.65. The van der Waals surface area contributed by atoms with E-state index in [2.05, 4.69) is 9.97 Å². The van der Waals surface area contributed by atoms with Gasteiger partial charge in [-0.1, -0.05) is 11.6 Å². The van der Waals surface area contributed by atoms with E-state index < -0.39 is 93.5 Å². The van der Waals surface area contributed by atoms with Gasteiger partial charge in [-0.25, -0.2) is 22.5 Å². The molecular formula is C33H21ClF10N6O2. The summed E-state index contributed by atoms with van der Waals surface area (Å²) in [7, 11) is 0. The number of halogens is 11. The Kier molecular flexibility index (Phi) is 9.99. The highest BCUT2D eigenvalue weighted by Gasteiger charge is 2.32. The van der Waals surface area contributed by atoms with Crippen LogP contribution in [0.3, 0.4) is 0 Å². The number of aryl methyl sites for hydroxylation is 1. The van der Waals surface area contributed by atoms with Crippen molar-refractivity contribution in [1.29, 1.82) is 0 Å². The zero-order valence-electron chi connectivity index (χ0n) is 26.1. The van der Waals surface area contributed by atoms with E-state index in [0.29, 0.717) is 14.8 Å². The van der Waals surface area contributed by atoms with Gasteiger partial charge in [0.2, 0.25) is 0 Å². The molecule has 4 N–H and O–H groups in total. The quantitative estimate of drug-likeness (QED) is 0.107. The number of hydrogen-bond acceptors (Lipinski definition) is 6. The summed E-state index contributed by atoms with van der Waals surface area (Å²) in [6.07, 6.45) is -7.12. The van der Waals surface area contributed by atoms with E-state index in [1.807, 2.05) is 0 Å². The average Bonchev–Trinajstić information content (AvgIpc) is 3.04. The first kappa shape index (κ1) is 37.6. The van der Waals surface area contributed by atoms with Crippen LogP contribution < -0.4 is 22.6 Å². The number of alkyl halides is 6. The fourth-order valence-corrected chi connectivity index (χ4v) is 5.43. The number of pyridine rings is 4. The van der Waals surface area contributed by atoms with Gasteiger partial charge in [-0.2, -0.15) is 26.3 Å². The van der Waals surface area contributed by atoms with E-state index in [4.69, 9.17) is 23.1 Å². The van der Waals surface area contributed by atoms with Gasteiger partial charge in [-0.05, 0) is 55.5 Å². The third-order valence-electron chi connectivity index (χ3n) is 7.52. The molecule has 0 spiro atoms. The number of hydrogen-bond donors (Lipinski definition) is 2. The Morgan fingerprint density at radius 2 is 1.06 bits per heavy atom. The van der Waals surface area contributed by atoms with Crippen LogP contribution in [0.5, 0.6) is 0 Å². The van der Waals surface area contributed by atoms with Crippen molar-refractivity contribution in [2.75, 3.05) is 11.5 Å². The molecule has 52 heavy (non-hydrogen) atoms. The molecule has 0 aliphatic heterocycles. The first-order chi connectivity index (χ1) is 24.2. The zero-order chi connectivity index (χ0) is 38.4. The van der Waals surface area contributed by atoms with Crippen LogP contribution in [0, 0.1) is 30.2 Å². The van der Waals surface area contributed by atoms with E-state index in [1.165, 1.54) is 12.3 Å². The lowest BCUT2D eigenvalue weighted by atomic mass is 10.0. The zero-order valence-corrected chi connectivity index (χ0v) is 26.9. The standard InChI is InChI=1S/C17H12F5N3O.C16H9ClF5N3O/c1-8-4-13-9(6-24-8)5-10(16(26)25(13)7-17(20,21)22)14-11(18)2-3-12(23)15(14)19;17-12-4-11-7(5-24-12)3-8(15(26)25(11)6-16(20,21)22)13-9(18)1-2-10(23)14(13)19/h2-6H,7,23H2,1H3;1-5H,6,23H2. The van der Waals surface area contributed by atoms with Crippen molar-refractivity contribution in [3.8, 4) is 22.3 Å². The molecule has 4 aromatic heterocycles. The van der Waals surface area contributed by atoms with Crippen LogP contribution in [-0.4, -0.2) is 31.5 Å². The SMILES string of the molecule is Cc1cc2c(cn1)cc(-c1c(F)ccc(N)c1F)c(=O)n2CC(F)(F)F.Nc1ccc(F)c(-c2cc3cnc(Cl)cc3n(CC(F)(F)F)c2=O)c1F. The fraction of sp³-hybridized carbons (Fsp3) is 0.152. The van der Waals surface area contributed by atoms with Crippen LogP contribution in [0.15, 0.2) is 70.5 Å². The second-order valence-electron chi connectivity index (χ2n) is 11.2. The highest BCUT2D eigenvalue weighted by atomic mass is 35.5. The van der Waals surface area contributed by atoms with Crippen molar-refractivity contribution in [3.05, 3.63) is 116 Å². The molecule has 0 fully saturated rings. The Morgan fingerprint density at radius 1 is 0.654 bits per heavy atom. The highest BCUT2D eigenvalue weighted by Crippen LogP contribution is 2.32. The summed E-state index contributed by atoms with van der Waals surface area (Å²) in [5.74, 6) is -4.68. The first-order valence-electron chi connectivity index (χ1n) is 14.5. The van der Waals surface area contributed by atoms with E-state index in [1.54, 1.807) is 6.92 Å². The molecule has 6 aromatic rings. The molecule has 272 valence electrons. The Balaban J connectivity index is 0.000000201. The molecule has 0 saturated heterocycles. The normalized spacial score (nSPS) is 11.9. The summed E-state index contributed by atoms with van der Waals surface area (Å²) in [5.41, 5.74) is 4.96. The molecule has 0 atom stereocenters. The largest absolute Gasteiger partial charge is 0.406 e. The monoisotopic (exact) mass is 758 g/mol. The number of anilines is 2. The van der Waals surface area contributed by atoms with Crippen molar-refractivity contribution in [2.45, 2.75) is 32.4 Å². The van der Waals surface area contributed by atoms with Crippen molar-refractivity contribution >= 4 is 44.8 Å². The molecule has 8 nitrogen and oxygen atoms in total. The van der Waals surface area contributed by atoms with Gasteiger partial charge < -0.3 is 11.5 Å². The van der Waals surface area contributed by atoms with Crippen molar-refractivity contribution < 1.29 is 43.9 Å². The summed E-state index contributed by atoms with van der Waals surface area (Å²) in [4.78, 5) is 33.0. The molecule has 6 rings (SSSR count). The first-order valence-corrected chi connectivity index (χ1v) is 14.8. The van der Waals surface area contributed by atoms with Crippen molar-refractivity contribution in [2.24, 2.45) is 0 Å². The van der Waals surface area contributed by atoms with Crippen LogP contribution >= 0.6 is 11.6 Å². The van der Waals surface area contributed by atoms with Gasteiger partial charge in [-0.15, -0.1) is 0 Å². The van der Waals surface area contributed by atoms with Crippen LogP contribution in [-0.2, 0) is 13.1 Å². The maximum absolute atomic E-state index is 14.3. The lowest BCUT2D eigenvalue weighted by Gasteiger charge is -2.16. The maximum atomic E-state index is 14.3. The lowest BCUT2D eigenvalue weighted by molar-refractivity contribution is -0.141. The predicted octanol–water partition coefficient (Wildman–Crippen LogP) is 7.93. The Morgan fingerprint density at radius 3 is 1.48 bits per heavy atom. The lowest BCUT2D eigenvalue weighted by Crippen LogP contribution is -2.29. The Bertz CT molecular complexity index is 2320. The molecule has 2 aromatic carbocycles. The third-order valence-corrected chi connectivity index (χ3v) is 7.72. The summed E-state index contributed by atoms with van der Waals surface area (Å²) >= 11 is 5.70. The molecular weight excluding hydrogens is 738 g/mol. The number of nitrogens with two attached hydrogens (primary N) is 2. The molecule has 0 radical (unpaired) electrons. The minimum Gasteiger partial charge on any atom is -0.396 e. The molecule has 19 heteroatoms.